The van der Waals surface area contributed by atoms with E-state index in [1.807, 2.05) is 6.07 Å². The molecule has 27 heavy (non-hydrogen) atoms. The van der Waals surface area contributed by atoms with E-state index in [1.54, 1.807) is 23.5 Å². The van der Waals surface area contributed by atoms with Crippen LogP contribution < -0.4 is 0 Å². The van der Waals surface area contributed by atoms with Crippen molar-refractivity contribution in [3.63, 3.8) is 0 Å². The first-order valence-electron chi connectivity index (χ1n) is 9.06. The van der Waals surface area contributed by atoms with Gasteiger partial charge in [0.25, 0.3) is 0 Å². The van der Waals surface area contributed by atoms with Gasteiger partial charge in [-0.3, -0.25) is 9.69 Å². The van der Waals surface area contributed by atoms with Crippen LogP contribution in [0.5, 0.6) is 0 Å². The van der Waals surface area contributed by atoms with Crippen LogP contribution in [-0.2, 0) is 4.79 Å². The number of hydrogen-bond donors (Lipinski definition) is 1. The molecule has 2 aromatic rings. The molecule has 1 aromatic carbocycles. The number of piperidine rings is 1. The molecule has 2 aliphatic rings. The van der Waals surface area contributed by atoms with Crippen LogP contribution in [0.2, 0.25) is 0 Å². The van der Waals surface area contributed by atoms with E-state index in [4.69, 9.17) is 12.6 Å². The molecule has 2 heterocycles. The van der Waals surface area contributed by atoms with Gasteiger partial charge in [0.05, 0.1) is 6.04 Å². The first kappa shape index (κ1) is 20.6. The Balaban J connectivity index is 0.00000210. The normalized spacial score (nSPS) is 23.0. The average Bonchev–Trinajstić information content (AvgIpc) is 3.37. The summed E-state index contributed by atoms with van der Waals surface area (Å²) < 4.78 is 14.5. The first-order chi connectivity index (χ1) is 12.6. The lowest BCUT2D eigenvalue weighted by Crippen LogP contribution is -2.42. The van der Waals surface area contributed by atoms with Crippen LogP contribution in [0, 0.1) is 11.7 Å². The summed E-state index contributed by atoms with van der Waals surface area (Å²) >= 11 is 6.40. The molecule has 2 unspecified atom stereocenters. The van der Waals surface area contributed by atoms with Gasteiger partial charge in [-0.2, -0.15) is 24.0 Å². The molecule has 2 fully saturated rings. The lowest BCUT2D eigenvalue weighted by molar-refractivity contribution is -0.126. The highest BCUT2D eigenvalue weighted by Gasteiger charge is 2.40. The minimum absolute atomic E-state index is 0. The Labute approximate surface area is 175 Å². The van der Waals surface area contributed by atoms with E-state index < -0.39 is 6.04 Å². The van der Waals surface area contributed by atoms with Crippen molar-refractivity contribution in [1.29, 1.82) is 0 Å². The van der Waals surface area contributed by atoms with Gasteiger partial charge < -0.3 is 0 Å². The van der Waals surface area contributed by atoms with Crippen molar-refractivity contribution >= 4 is 48.2 Å². The molecule has 1 saturated carbocycles. The topological polar surface area (TPSA) is 20.3 Å². The van der Waals surface area contributed by atoms with Crippen molar-refractivity contribution in [3.05, 3.63) is 63.6 Å². The second kappa shape index (κ2) is 8.91. The molecule has 1 aliphatic carbocycles. The molecule has 0 N–H and O–H groups in total. The van der Waals surface area contributed by atoms with E-state index in [-0.39, 0.29) is 35.2 Å². The summed E-state index contributed by atoms with van der Waals surface area (Å²) in [4.78, 5) is 15.2. The van der Waals surface area contributed by atoms with Crippen LogP contribution in [0.25, 0.3) is 6.08 Å². The highest BCUT2D eigenvalue weighted by Crippen LogP contribution is 2.39. The van der Waals surface area contributed by atoms with E-state index in [0.717, 1.165) is 25.8 Å². The van der Waals surface area contributed by atoms with E-state index in [1.165, 1.54) is 17.2 Å². The number of Topliss-reactive ketones (excluding diaryl/α,β-unsaturated/α-hetero) is 1. The zero-order chi connectivity index (χ0) is 18.1. The summed E-state index contributed by atoms with van der Waals surface area (Å²) in [6.45, 7) is 1.41. The number of thiol groups is 1. The maximum atomic E-state index is 14.5. The molecule has 2 nitrogen and oxygen atoms in total. The molecule has 1 aromatic heterocycles. The second-order valence-electron chi connectivity index (χ2n) is 7.15. The van der Waals surface area contributed by atoms with E-state index in [9.17, 15) is 9.18 Å². The molecule has 1 saturated heterocycles. The second-order valence-corrected chi connectivity index (χ2v) is 8.55. The van der Waals surface area contributed by atoms with Gasteiger partial charge in [0.1, 0.15) is 5.82 Å². The van der Waals surface area contributed by atoms with Gasteiger partial charge in [-0.15, -0.1) is 12.4 Å². The third-order valence-corrected chi connectivity index (χ3v) is 6.50. The lowest BCUT2D eigenvalue weighted by atomic mass is 9.93. The van der Waals surface area contributed by atoms with Crippen LogP contribution in [0.15, 0.2) is 46.7 Å². The maximum absolute atomic E-state index is 14.5. The molecule has 4 rings (SSSR count). The van der Waals surface area contributed by atoms with Gasteiger partial charge in [-0.05, 0) is 53.3 Å². The van der Waals surface area contributed by atoms with Gasteiger partial charge in [-0.1, -0.05) is 24.3 Å². The molecule has 0 amide bonds. The van der Waals surface area contributed by atoms with Crippen molar-refractivity contribution in [2.24, 2.45) is 5.92 Å². The summed E-state index contributed by atoms with van der Waals surface area (Å²) in [5.74, 6) is -0.0249. The number of thiophene rings is 1. The monoisotopic (exact) mass is 423 g/mol. The SMILES string of the molecule is Cl.O=C(C1CC1)C(c1ccccc1F)N1CCC(S)/C(=C/c2ccsc2)C1. The number of ketones is 1. The molecule has 6 heteroatoms. The third-order valence-electron chi connectivity index (χ3n) is 5.21. The first-order valence-corrected chi connectivity index (χ1v) is 10.5. The van der Waals surface area contributed by atoms with Crippen LogP contribution in [0.4, 0.5) is 4.39 Å². The highest BCUT2D eigenvalue weighted by molar-refractivity contribution is 7.81. The predicted molar refractivity (Wildman–Crippen MR) is 115 cm³/mol. The van der Waals surface area contributed by atoms with Crippen LogP contribution >= 0.6 is 36.4 Å². The summed E-state index contributed by atoms with van der Waals surface area (Å²) in [6, 6.07) is 8.31. The molecular formula is C21H23ClFNOS2. The zero-order valence-corrected chi connectivity index (χ0v) is 17.4. The lowest BCUT2D eigenvalue weighted by Gasteiger charge is -2.37. The van der Waals surface area contributed by atoms with E-state index >= 15 is 0 Å². The van der Waals surface area contributed by atoms with Crippen molar-refractivity contribution in [2.75, 3.05) is 13.1 Å². The molecule has 2 atom stereocenters. The highest BCUT2D eigenvalue weighted by atomic mass is 35.5. The Morgan fingerprint density at radius 1 is 1.26 bits per heavy atom. The number of benzene rings is 1. The average molecular weight is 424 g/mol. The third kappa shape index (κ3) is 4.65. The smallest absolute Gasteiger partial charge is 0.157 e. The largest absolute Gasteiger partial charge is 0.297 e. The molecule has 0 bridgehead atoms. The standard InChI is InChI=1S/C21H22FNOS2.ClH/c22-18-4-2-1-3-17(18)20(21(24)15-5-6-15)23-9-7-19(25)16(12-23)11-14-8-10-26-13-14;/h1-4,8,10-11,13,15,19-20,25H,5-7,9,12H2;1H/b16-11+;. The number of likely N-dealkylation sites (tertiary alicyclic amines) is 1. The number of carbonyl (C=O) groups excluding carboxylic acids is 1. The maximum Gasteiger partial charge on any atom is 0.157 e. The number of rotatable bonds is 5. The minimum Gasteiger partial charge on any atom is -0.297 e. The van der Waals surface area contributed by atoms with Crippen LogP contribution in [0.1, 0.15) is 36.4 Å². The molecular weight excluding hydrogens is 401 g/mol. The summed E-state index contributed by atoms with van der Waals surface area (Å²) in [5, 5.41) is 4.35. The fourth-order valence-corrected chi connectivity index (χ4v) is 4.53. The summed E-state index contributed by atoms with van der Waals surface area (Å²) in [5.41, 5.74) is 2.88. The van der Waals surface area contributed by atoms with Gasteiger partial charge in [0.15, 0.2) is 5.78 Å². The Morgan fingerprint density at radius 2 is 2.04 bits per heavy atom. The summed E-state index contributed by atoms with van der Waals surface area (Å²) in [6.07, 6.45) is 4.90. The van der Waals surface area contributed by atoms with Gasteiger partial charge in [-0.25, -0.2) is 4.39 Å². The minimum atomic E-state index is -0.490. The van der Waals surface area contributed by atoms with Crippen molar-refractivity contribution in [3.8, 4) is 0 Å². The quantitative estimate of drug-likeness (QED) is 0.648. The fourth-order valence-electron chi connectivity index (χ4n) is 3.64. The molecule has 0 spiro atoms. The molecule has 144 valence electrons. The molecule has 0 radical (unpaired) electrons. The van der Waals surface area contributed by atoms with E-state index in [0.29, 0.717) is 12.1 Å². The number of hydrogen-bond acceptors (Lipinski definition) is 4. The Kier molecular flexibility index (Phi) is 6.79. The number of carbonyl (C=O) groups is 1. The van der Waals surface area contributed by atoms with E-state index in [2.05, 4.69) is 27.8 Å². The van der Waals surface area contributed by atoms with Crippen LogP contribution in [-0.4, -0.2) is 29.0 Å². The Bertz CT molecular complexity index is 819. The number of nitrogens with zero attached hydrogens (tertiary/aromatic N) is 1. The summed E-state index contributed by atoms with van der Waals surface area (Å²) in [7, 11) is 0. The van der Waals surface area contributed by atoms with Gasteiger partial charge >= 0.3 is 0 Å². The van der Waals surface area contributed by atoms with Crippen molar-refractivity contribution in [2.45, 2.75) is 30.6 Å². The zero-order valence-electron chi connectivity index (χ0n) is 14.9. The predicted octanol–water partition coefficient (Wildman–Crippen LogP) is 5.42. The number of halogens is 2. The molecule has 1 aliphatic heterocycles. The Hall–Kier alpha value is -1.14. The van der Waals surface area contributed by atoms with Gasteiger partial charge in [0, 0.05) is 29.8 Å². The van der Waals surface area contributed by atoms with Crippen LogP contribution in [0.3, 0.4) is 0 Å². The Morgan fingerprint density at radius 3 is 2.70 bits per heavy atom. The van der Waals surface area contributed by atoms with Crippen molar-refractivity contribution < 1.29 is 9.18 Å². The fraction of sp³-hybridized carbons (Fsp3) is 0.381. The van der Waals surface area contributed by atoms with Crippen molar-refractivity contribution in [1.82, 2.24) is 4.90 Å². The van der Waals surface area contributed by atoms with Gasteiger partial charge in [0.2, 0.25) is 0 Å².